The summed E-state index contributed by atoms with van der Waals surface area (Å²) < 4.78 is 13.7. The lowest BCUT2D eigenvalue weighted by molar-refractivity contribution is 0.195. The number of aromatic nitrogens is 1. The Balaban J connectivity index is 2.38. The first kappa shape index (κ1) is 12.1. The molecule has 2 nitrogen and oxygen atoms in total. The van der Waals surface area contributed by atoms with E-state index in [1.165, 1.54) is 17.8 Å². The number of aliphatic hydroxyl groups excluding tert-OH is 1. The van der Waals surface area contributed by atoms with Crippen molar-refractivity contribution in [1.29, 1.82) is 0 Å². The average molecular weight is 249 g/mol. The van der Waals surface area contributed by atoms with Gasteiger partial charge in [-0.3, -0.25) is 4.98 Å². The van der Waals surface area contributed by atoms with Crippen molar-refractivity contribution in [3.8, 4) is 0 Å². The molecule has 4 heteroatoms. The maximum Gasteiger partial charge on any atom is 0.137 e. The predicted molar refractivity (Wildman–Crippen MR) is 65.4 cm³/mol. The normalized spacial score (nSPS) is 12.4. The summed E-state index contributed by atoms with van der Waals surface area (Å²) in [6.07, 6.45) is 2.63. The third kappa shape index (κ3) is 2.84. The minimum Gasteiger partial charge on any atom is -0.389 e. The van der Waals surface area contributed by atoms with Gasteiger partial charge in [-0.25, -0.2) is 4.39 Å². The highest BCUT2D eigenvalue weighted by Gasteiger charge is 2.13. The second kappa shape index (κ2) is 5.29. The van der Waals surface area contributed by atoms with Gasteiger partial charge in [0, 0.05) is 17.3 Å². The molecular formula is C13H12FNOS. The lowest BCUT2D eigenvalue weighted by Gasteiger charge is -2.12. The average Bonchev–Trinajstić information content (AvgIpc) is 2.33. The third-order valence-corrected chi connectivity index (χ3v) is 3.46. The third-order valence-electron chi connectivity index (χ3n) is 2.32. The first-order valence-electron chi connectivity index (χ1n) is 5.23. The van der Waals surface area contributed by atoms with Crippen LogP contribution in [0.15, 0.2) is 52.5 Å². The molecule has 0 aliphatic rings. The fraction of sp³-hybridized carbons (Fsp3) is 0.154. The number of nitrogens with zero attached hydrogens (tertiary/aromatic N) is 1. The zero-order valence-electron chi connectivity index (χ0n) is 9.30. The minimum absolute atomic E-state index is 0.315. The maximum atomic E-state index is 13.7. The maximum absolute atomic E-state index is 13.7. The molecule has 0 saturated carbocycles. The van der Waals surface area contributed by atoms with Crippen LogP contribution in [0, 0.1) is 5.82 Å². The molecule has 1 atom stereocenters. The number of rotatable bonds is 3. The summed E-state index contributed by atoms with van der Waals surface area (Å²) in [6.45, 7) is 1.63. The van der Waals surface area contributed by atoms with Crippen molar-refractivity contribution in [2.45, 2.75) is 22.8 Å². The Bertz CT molecular complexity index is 502. The van der Waals surface area contributed by atoms with Gasteiger partial charge in [0.25, 0.3) is 0 Å². The van der Waals surface area contributed by atoms with Crippen LogP contribution in [0.4, 0.5) is 4.39 Å². The summed E-state index contributed by atoms with van der Waals surface area (Å²) in [6, 6.07) is 8.35. The molecule has 0 aliphatic heterocycles. The van der Waals surface area contributed by atoms with Crippen molar-refractivity contribution in [3.05, 3.63) is 54.1 Å². The fourth-order valence-corrected chi connectivity index (χ4v) is 2.50. The minimum atomic E-state index is -0.685. The molecule has 0 radical (unpaired) electrons. The highest BCUT2D eigenvalue weighted by atomic mass is 32.2. The Morgan fingerprint density at radius 3 is 2.59 bits per heavy atom. The van der Waals surface area contributed by atoms with E-state index in [1.807, 2.05) is 12.1 Å². The molecule has 1 aromatic carbocycles. The van der Waals surface area contributed by atoms with Crippen molar-refractivity contribution in [3.63, 3.8) is 0 Å². The van der Waals surface area contributed by atoms with Crippen molar-refractivity contribution in [2.24, 2.45) is 0 Å². The van der Waals surface area contributed by atoms with E-state index in [0.717, 1.165) is 4.90 Å². The van der Waals surface area contributed by atoms with Crippen molar-refractivity contribution < 1.29 is 9.50 Å². The molecule has 17 heavy (non-hydrogen) atoms. The molecule has 88 valence electrons. The van der Waals surface area contributed by atoms with Crippen LogP contribution in [0.2, 0.25) is 0 Å². The molecule has 1 heterocycles. The van der Waals surface area contributed by atoms with Crippen LogP contribution in [0.3, 0.4) is 0 Å². The van der Waals surface area contributed by atoms with E-state index in [0.29, 0.717) is 10.5 Å². The lowest BCUT2D eigenvalue weighted by Crippen LogP contribution is -1.96. The highest BCUT2D eigenvalue weighted by Crippen LogP contribution is 2.34. The Labute approximate surface area is 104 Å². The topological polar surface area (TPSA) is 33.1 Å². The monoisotopic (exact) mass is 249 g/mol. The standard InChI is InChI=1S/C13H12FNOS/c1-9(16)11-3-2-4-12(14)13(11)17-10-5-7-15-8-6-10/h2-9,16H,1H3. The van der Waals surface area contributed by atoms with E-state index in [-0.39, 0.29) is 5.82 Å². The van der Waals surface area contributed by atoms with E-state index in [9.17, 15) is 9.50 Å². The summed E-state index contributed by atoms with van der Waals surface area (Å²) in [5.41, 5.74) is 0.604. The molecule has 0 spiro atoms. The number of benzene rings is 1. The van der Waals surface area contributed by atoms with Gasteiger partial charge < -0.3 is 5.11 Å². The van der Waals surface area contributed by atoms with Gasteiger partial charge in [-0.05, 0) is 30.7 Å². The molecule has 0 bridgehead atoms. The van der Waals surface area contributed by atoms with Gasteiger partial charge in [0.15, 0.2) is 0 Å². The summed E-state index contributed by atoms with van der Waals surface area (Å²) in [5.74, 6) is -0.315. The zero-order valence-corrected chi connectivity index (χ0v) is 10.1. The van der Waals surface area contributed by atoms with Gasteiger partial charge in [-0.15, -0.1) is 0 Å². The van der Waals surface area contributed by atoms with Gasteiger partial charge >= 0.3 is 0 Å². The van der Waals surface area contributed by atoms with Crippen LogP contribution in [0.25, 0.3) is 0 Å². The number of halogens is 1. The van der Waals surface area contributed by atoms with Gasteiger partial charge in [-0.1, -0.05) is 23.9 Å². The molecule has 2 aromatic rings. The van der Waals surface area contributed by atoms with Crippen LogP contribution in [0.5, 0.6) is 0 Å². The first-order chi connectivity index (χ1) is 8.18. The fourth-order valence-electron chi connectivity index (χ4n) is 1.49. The Hall–Kier alpha value is -1.39. The van der Waals surface area contributed by atoms with Crippen LogP contribution >= 0.6 is 11.8 Å². The molecule has 1 aromatic heterocycles. The first-order valence-corrected chi connectivity index (χ1v) is 6.04. The number of aliphatic hydroxyl groups is 1. The molecule has 0 fully saturated rings. The zero-order chi connectivity index (χ0) is 12.3. The Morgan fingerprint density at radius 1 is 1.24 bits per heavy atom. The second-order valence-corrected chi connectivity index (χ2v) is 4.70. The number of pyridine rings is 1. The molecule has 0 aliphatic carbocycles. The molecular weight excluding hydrogens is 237 g/mol. The summed E-state index contributed by atoms with van der Waals surface area (Å²) >= 11 is 1.29. The largest absolute Gasteiger partial charge is 0.389 e. The van der Waals surface area contributed by atoms with Crippen molar-refractivity contribution in [2.75, 3.05) is 0 Å². The number of hydrogen-bond donors (Lipinski definition) is 1. The molecule has 0 amide bonds. The van der Waals surface area contributed by atoms with Crippen LogP contribution in [0.1, 0.15) is 18.6 Å². The van der Waals surface area contributed by atoms with Crippen LogP contribution < -0.4 is 0 Å². The van der Waals surface area contributed by atoms with E-state index >= 15 is 0 Å². The van der Waals surface area contributed by atoms with Crippen LogP contribution in [-0.2, 0) is 0 Å². The molecule has 1 unspecified atom stereocenters. The van der Waals surface area contributed by atoms with Gasteiger partial charge in [0.1, 0.15) is 5.82 Å². The summed E-state index contributed by atoms with van der Waals surface area (Å²) in [4.78, 5) is 5.27. The van der Waals surface area contributed by atoms with E-state index in [2.05, 4.69) is 4.98 Å². The van der Waals surface area contributed by atoms with E-state index < -0.39 is 6.10 Å². The molecule has 2 rings (SSSR count). The van der Waals surface area contributed by atoms with Crippen molar-refractivity contribution >= 4 is 11.8 Å². The van der Waals surface area contributed by atoms with Crippen molar-refractivity contribution in [1.82, 2.24) is 4.98 Å². The second-order valence-electron chi connectivity index (χ2n) is 3.62. The molecule has 0 saturated heterocycles. The smallest absolute Gasteiger partial charge is 0.137 e. The van der Waals surface area contributed by atoms with Crippen LogP contribution in [-0.4, -0.2) is 10.1 Å². The molecule has 1 N–H and O–H groups in total. The Kier molecular flexibility index (Phi) is 3.76. The quantitative estimate of drug-likeness (QED) is 0.904. The summed E-state index contributed by atoms with van der Waals surface area (Å²) in [7, 11) is 0. The van der Waals surface area contributed by atoms with E-state index in [4.69, 9.17) is 0 Å². The Morgan fingerprint density at radius 2 is 1.94 bits per heavy atom. The lowest BCUT2D eigenvalue weighted by atomic mass is 10.1. The van der Waals surface area contributed by atoms with Gasteiger partial charge in [0.05, 0.1) is 11.0 Å². The van der Waals surface area contributed by atoms with E-state index in [1.54, 1.807) is 31.5 Å². The SMILES string of the molecule is CC(O)c1cccc(F)c1Sc1ccncc1. The highest BCUT2D eigenvalue weighted by molar-refractivity contribution is 7.99. The predicted octanol–water partition coefficient (Wildman–Crippen LogP) is 3.43. The number of hydrogen-bond acceptors (Lipinski definition) is 3. The van der Waals surface area contributed by atoms with Gasteiger partial charge in [-0.2, -0.15) is 0 Å². The summed E-state index contributed by atoms with van der Waals surface area (Å²) in [5, 5.41) is 9.61. The van der Waals surface area contributed by atoms with Gasteiger partial charge in [0.2, 0.25) is 0 Å².